The van der Waals surface area contributed by atoms with Crippen LogP contribution in [0.4, 0.5) is 17.1 Å². The number of nitro benzene ring substituents is 1. The van der Waals surface area contributed by atoms with Crippen LogP contribution in [-0.2, 0) is 0 Å². The van der Waals surface area contributed by atoms with E-state index >= 15 is 0 Å². The predicted octanol–water partition coefficient (Wildman–Crippen LogP) is 2.80. The van der Waals surface area contributed by atoms with Gasteiger partial charge in [-0.3, -0.25) is 10.1 Å². The van der Waals surface area contributed by atoms with E-state index in [1.807, 2.05) is 6.92 Å². The van der Waals surface area contributed by atoms with Crippen LogP contribution in [0.1, 0.15) is 27.2 Å². The standard InChI is InChI=1S/C12H19N3O2/c1-4-9(3)14(5-2)11-6-10(13)7-12(8-11)15(16)17/h6-9H,4-5,13H2,1-3H3. The summed E-state index contributed by atoms with van der Waals surface area (Å²) >= 11 is 0. The molecule has 0 aliphatic heterocycles. The van der Waals surface area contributed by atoms with E-state index in [0.717, 1.165) is 18.7 Å². The molecule has 5 heteroatoms. The van der Waals surface area contributed by atoms with Crippen molar-refractivity contribution in [3.63, 3.8) is 0 Å². The minimum absolute atomic E-state index is 0.0433. The normalized spacial score (nSPS) is 12.2. The number of hydrogen-bond acceptors (Lipinski definition) is 4. The number of benzene rings is 1. The predicted molar refractivity (Wildman–Crippen MR) is 70.3 cm³/mol. The van der Waals surface area contributed by atoms with E-state index in [0.29, 0.717) is 11.7 Å². The van der Waals surface area contributed by atoms with Gasteiger partial charge in [0, 0.05) is 36.1 Å². The molecular formula is C12H19N3O2. The van der Waals surface area contributed by atoms with Gasteiger partial charge < -0.3 is 10.6 Å². The summed E-state index contributed by atoms with van der Waals surface area (Å²) in [5.41, 5.74) is 6.98. The Kier molecular flexibility index (Phi) is 4.31. The number of nitro groups is 1. The molecule has 0 fully saturated rings. The Balaban J connectivity index is 3.15. The zero-order chi connectivity index (χ0) is 13.0. The molecule has 1 rings (SSSR count). The van der Waals surface area contributed by atoms with Gasteiger partial charge in [-0.15, -0.1) is 0 Å². The molecule has 0 saturated carbocycles. The molecule has 0 bridgehead atoms. The molecule has 0 aromatic heterocycles. The van der Waals surface area contributed by atoms with Crippen molar-refractivity contribution in [1.29, 1.82) is 0 Å². The minimum atomic E-state index is -0.412. The van der Waals surface area contributed by atoms with Crippen molar-refractivity contribution in [2.45, 2.75) is 33.2 Å². The van der Waals surface area contributed by atoms with Crippen LogP contribution >= 0.6 is 0 Å². The van der Waals surface area contributed by atoms with Gasteiger partial charge in [0.25, 0.3) is 5.69 Å². The van der Waals surface area contributed by atoms with Crippen molar-refractivity contribution in [2.75, 3.05) is 17.2 Å². The molecule has 2 N–H and O–H groups in total. The summed E-state index contributed by atoms with van der Waals surface area (Å²) in [4.78, 5) is 12.5. The van der Waals surface area contributed by atoms with Gasteiger partial charge in [-0.05, 0) is 26.3 Å². The van der Waals surface area contributed by atoms with E-state index < -0.39 is 4.92 Å². The quantitative estimate of drug-likeness (QED) is 0.485. The average molecular weight is 237 g/mol. The highest BCUT2D eigenvalue weighted by Gasteiger charge is 2.15. The molecule has 1 unspecified atom stereocenters. The topological polar surface area (TPSA) is 72.4 Å². The van der Waals surface area contributed by atoms with Crippen LogP contribution in [0.25, 0.3) is 0 Å². The molecule has 0 spiro atoms. The Morgan fingerprint density at radius 1 is 1.41 bits per heavy atom. The fraction of sp³-hybridized carbons (Fsp3) is 0.500. The van der Waals surface area contributed by atoms with E-state index in [1.165, 1.54) is 6.07 Å². The van der Waals surface area contributed by atoms with Gasteiger partial charge in [0.05, 0.1) is 4.92 Å². The molecule has 0 saturated heterocycles. The highest BCUT2D eigenvalue weighted by atomic mass is 16.6. The van der Waals surface area contributed by atoms with Gasteiger partial charge in [-0.2, -0.15) is 0 Å². The van der Waals surface area contributed by atoms with E-state index in [-0.39, 0.29) is 5.69 Å². The van der Waals surface area contributed by atoms with E-state index in [1.54, 1.807) is 12.1 Å². The average Bonchev–Trinajstić information content (AvgIpc) is 2.28. The van der Waals surface area contributed by atoms with Crippen LogP contribution in [-0.4, -0.2) is 17.5 Å². The van der Waals surface area contributed by atoms with Crippen molar-refractivity contribution >= 4 is 17.1 Å². The van der Waals surface area contributed by atoms with Crippen LogP contribution < -0.4 is 10.6 Å². The largest absolute Gasteiger partial charge is 0.398 e. The maximum absolute atomic E-state index is 10.8. The van der Waals surface area contributed by atoms with Crippen molar-refractivity contribution in [3.8, 4) is 0 Å². The second kappa shape index (κ2) is 5.52. The first-order chi connectivity index (χ1) is 7.99. The Bertz CT molecular complexity index is 407. The summed E-state index contributed by atoms with van der Waals surface area (Å²) < 4.78 is 0. The molecule has 1 aromatic rings. The fourth-order valence-corrected chi connectivity index (χ4v) is 1.86. The third kappa shape index (κ3) is 3.09. The zero-order valence-corrected chi connectivity index (χ0v) is 10.5. The second-order valence-electron chi connectivity index (χ2n) is 4.08. The van der Waals surface area contributed by atoms with Gasteiger partial charge in [-0.25, -0.2) is 0 Å². The molecule has 0 heterocycles. The lowest BCUT2D eigenvalue weighted by atomic mass is 10.1. The Morgan fingerprint density at radius 2 is 2.06 bits per heavy atom. The van der Waals surface area contributed by atoms with E-state index in [2.05, 4.69) is 18.7 Å². The van der Waals surface area contributed by atoms with Gasteiger partial charge >= 0.3 is 0 Å². The number of hydrogen-bond donors (Lipinski definition) is 1. The molecule has 0 aliphatic rings. The molecular weight excluding hydrogens is 218 g/mol. The third-order valence-corrected chi connectivity index (χ3v) is 2.93. The number of nitrogens with two attached hydrogens (primary N) is 1. The van der Waals surface area contributed by atoms with Crippen LogP contribution in [0.5, 0.6) is 0 Å². The number of nitrogens with zero attached hydrogens (tertiary/aromatic N) is 2. The van der Waals surface area contributed by atoms with Crippen molar-refractivity contribution < 1.29 is 4.92 Å². The smallest absolute Gasteiger partial charge is 0.273 e. The van der Waals surface area contributed by atoms with E-state index in [9.17, 15) is 10.1 Å². The molecule has 1 atom stereocenters. The molecule has 5 nitrogen and oxygen atoms in total. The highest BCUT2D eigenvalue weighted by Crippen LogP contribution is 2.27. The van der Waals surface area contributed by atoms with Crippen LogP contribution in [0, 0.1) is 10.1 Å². The first-order valence-electron chi connectivity index (χ1n) is 5.81. The molecule has 0 radical (unpaired) electrons. The number of anilines is 2. The summed E-state index contributed by atoms with van der Waals surface area (Å²) in [7, 11) is 0. The second-order valence-corrected chi connectivity index (χ2v) is 4.08. The monoisotopic (exact) mass is 237 g/mol. The Morgan fingerprint density at radius 3 is 2.53 bits per heavy atom. The lowest BCUT2D eigenvalue weighted by molar-refractivity contribution is -0.384. The van der Waals surface area contributed by atoms with Gasteiger partial charge in [0.1, 0.15) is 0 Å². The zero-order valence-electron chi connectivity index (χ0n) is 10.5. The lowest BCUT2D eigenvalue weighted by Gasteiger charge is -2.29. The maximum Gasteiger partial charge on any atom is 0.273 e. The fourth-order valence-electron chi connectivity index (χ4n) is 1.86. The molecule has 94 valence electrons. The lowest BCUT2D eigenvalue weighted by Crippen LogP contribution is -2.32. The Labute approximate surface area is 101 Å². The van der Waals surface area contributed by atoms with E-state index in [4.69, 9.17) is 5.73 Å². The highest BCUT2D eigenvalue weighted by molar-refractivity contribution is 5.63. The molecule has 0 aliphatic carbocycles. The molecule has 1 aromatic carbocycles. The van der Waals surface area contributed by atoms with Gasteiger partial charge in [-0.1, -0.05) is 6.92 Å². The summed E-state index contributed by atoms with van der Waals surface area (Å²) in [6.07, 6.45) is 0.983. The third-order valence-electron chi connectivity index (χ3n) is 2.93. The van der Waals surface area contributed by atoms with Gasteiger partial charge in [0.15, 0.2) is 0 Å². The number of non-ortho nitro benzene ring substituents is 1. The summed E-state index contributed by atoms with van der Waals surface area (Å²) in [6.45, 7) is 7.02. The number of rotatable bonds is 5. The van der Waals surface area contributed by atoms with Crippen molar-refractivity contribution in [2.24, 2.45) is 0 Å². The Hall–Kier alpha value is -1.78. The maximum atomic E-state index is 10.8. The van der Waals surface area contributed by atoms with Crippen molar-refractivity contribution in [3.05, 3.63) is 28.3 Å². The summed E-state index contributed by atoms with van der Waals surface area (Å²) in [5.74, 6) is 0. The summed E-state index contributed by atoms with van der Waals surface area (Å²) in [6, 6.07) is 5.07. The number of nitrogen functional groups attached to an aromatic ring is 1. The van der Waals surface area contributed by atoms with Crippen LogP contribution in [0.2, 0.25) is 0 Å². The van der Waals surface area contributed by atoms with Crippen LogP contribution in [0.15, 0.2) is 18.2 Å². The molecule has 17 heavy (non-hydrogen) atoms. The minimum Gasteiger partial charge on any atom is -0.398 e. The van der Waals surface area contributed by atoms with Gasteiger partial charge in [0.2, 0.25) is 0 Å². The first kappa shape index (κ1) is 13.3. The first-order valence-corrected chi connectivity index (χ1v) is 5.81. The van der Waals surface area contributed by atoms with Crippen LogP contribution in [0.3, 0.4) is 0 Å². The summed E-state index contributed by atoms with van der Waals surface area (Å²) in [5, 5.41) is 10.8. The SMILES string of the molecule is CCC(C)N(CC)c1cc(N)cc([N+](=O)[O-])c1. The molecule has 0 amide bonds. The van der Waals surface area contributed by atoms with Crippen molar-refractivity contribution in [1.82, 2.24) is 0 Å².